The topological polar surface area (TPSA) is 456 Å². The molecule has 0 bridgehead atoms. The zero-order valence-corrected chi connectivity index (χ0v) is 51.4. The van der Waals surface area contributed by atoms with Gasteiger partial charge in [0.2, 0.25) is 6.29 Å². The first-order valence-electron chi connectivity index (χ1n) is 31.2. The Morgan fingerprint density at radius 1 is 0.562 bits per heavy atom. The van der Waals surface area contributed by atoms with Crippen molar-refractivity contribution in [3.8, 4) is 0 Å². The summed E-state index contributed by atoms with van der Waals surface area (Å²) in [6.45, 7) is 11.9. The molecule has 29 heteroatoms. The van der Waals surface area contributed by atoms with Crippen LogP contribution in [0.15, 0.2) is 11.6 Å². The summed E-state index contributed by atoms with van der Waals surface area (Å²) in [5.74, 6) is -3.48. The van der Waals surface area contributed by atoms with Crippen molar-refractivity contribution in [2.75, 3.05) is 26.9 Å². The lowest BCUT2D eigenvalue weighted by Gasteiger charge is -2.71. The van der Waals surface area contributed by atoms with E-state index in [2.05, 4.69) is 26.8 Å². The number of aliphatic hydroxyl groups is 14. The van der Waals surface area contributed by atoms with Crippen LogP contribution in [0, 0.1) is 50.2 Å². The number of methoxy groups -OCH3 is 1. The molecular weight excluding hydrogens is 1180 g/mol. The molecule has 5 aliphatic heterocycles. The number of allylic oxidation sites excluding steroid dienone is 2. The van der Waals surface area contributed by atoms with Gasteiger partial charge < -0.3 is 129 Å². The number of fused-ring (bicyclic) bond motifs is 7. The maximum Gasteiger partial charge on any atom is 0.335 e. The molecule has 508 valence electrons. The molecule has 0 radical (unpaired) electrons. The molecule has 0 aromatic carbocycles. The lowest BCUT2D eigenvalue weighted by atomic mass is 9.33. The first kappa shape index (κ1) is 69.1. The van der Waals surface area contributed by atoms with E-state index in [-0.39, 0.29) is 31.1 Å². The van der Waals surface area contributed by atoms with Crippen LogP contribution in [0.25, 0.3) is 0 Å². The fourth-order valence-electron chi connectivity index (χ4n) is 17.9. The molecule has 10 aliphatic rings. The predicted octanol–water partition coefficient (Wildman–Crippen LogP) is -3.30. The first-order chi connectivity index (χ1) is 41.7. The molecule has 10 rings (SSSR count). The number of aliphatic carboxylic acids is 1. The van der Waals surface area contributed by atoms with Crippen LogP contribution in [-0.2, 0) is 66.5 Å². The van der Waals surface area contributed by atoms with Crippen molar-refractivity contribution in [3.05, 3.63) is 11.6 Å². The summed E-state index contributed by atoms with van der Waals surface area (Å²) in [5.41, 5.74) is -3.42. The highest BCUT2D eigenvalue weighted by Crippen LogP contribution is 2.76. The summed E-state index contributed by atoms with van der Waals surface area (Å²) in [6.07, 6.45) is -37.5. The van der Waals surface area contributed by atoms with E-state index >= 15 is 0 Å². The number of carbonyl (C=O) groups excluding carboxylic acids is 2. The third-order valence-electron chi connectivity index (χ3n) is 23.5. The second-order valence-electron chi connectivity index (χ2n) is 28.5. The maximum absolute atomic E-state index is 15.0. The molecule has 89 heavy (non-hydrogen) atoms. The van der Waals surface area contributed by atoms with Crippen LogP contribution in [0.1, 0.15) is 113 Å². The predicted molar refractivity (Wildman–Crippen MR) is 295 cm³/mol. The number of hydrogen-bond acceptors (Lipinski definition) is 28. The average Bonchev–Trinajstić information content (AvgIpc) is 0.677. The second-order valence-corrected chi connectivity index (χ2v) is 28.5. The van der Waals surface area contributed by atoms with Gasteiger partial charge in [-0.15, -0.1) is 0 Å². The van der Waals surface area contributed by atoms with Gasteiger partial charge in [0.05, 0.1) is 50.0 Å². The third kappa shape index (κ3) is 11.4. The van der Waals surface area contributed by atoms with Gasteiger partial charge in [-0.2, -0.15) is 0 Å². The lowest BCUT2D eigenvalue weighted by Crippen LogP contribution is -2.69. The largest absolute Gasteiger partial charge is 0.479 e. The number of esters is 2. The van der Waals surface area contributed by atoms with Crippen molar-refractivity contribution in [1.82, 2.24) is 0 Å². The van der Waals surface area contributed by atoms with E-state index < -0.39 is 230 Å². The van der Waals surface area contributed by atoms with Crippen molar-refractivity contribution in [3.63, 3.8) is 0 Å². The van der Waals surface area contributed by atoms with E-state index in [1.54, 1.807) is 0 Å². The maximum atomic E-state index is 15.0. The van der Waals surface area contributed by atoms with Gasteiger partial charge in [-0.1, -0.05) is 46.3 Å². The number of carbonyl (C=O) groups is 3. The summed E-state index contributed by atoms with van der Waals surface area (Å²) >= 11 is 0. The van der Waals surface area contributed by atoms with Gasteiger partial charge in [-0.3, -0.25) is 9.59 Å². The van der Waals surface area contributed by atoms with E-state index in [0.29, 0.717) is 44.9 Å². The second kappa shape index (κ2) is 25.4. The zero-order valence-electron chi connectivity index (χ0n) is 51.4. The number of hydrogen-bond donors (Lipinski definition) is 15. The Morgan fingerprint density at radius 3 is 1.78 bits per heavy atom. The summed E-state index contributed by atoms with van der Waals surface area (Å²) in [6, 6.07) is 0. The average molecular weight is 1280 g/mol. The van der Waals surface area contributed by atoms with Crippen LogP contribution in [0.4, 0.5) is 0 Å². The highest BCUT2D eigenvalue weighted by Gasteiger charge is 2.71. The molecule has 0 aromatic rings. The van der Waals surface area contributed by atoms with Gasteiger partial charge in [0.15, 0.2) is 31.3 Å². The Bertz CT molecular complexity index is 2570. The smallest absolute Gasteiger partial charge is 0.335 e. The van der Waals surface area contributed by atoms with Crippen molar-refractivity contribution < 1.29 is 143 Å². The number of ether oxygens (including phenoxy) is 11. The number of carboxylic acids is 1. The van der Waals surface area contributed by atoms with E-state index in [4.69, 9.17) is 52.1 Å². The molecule has 0 unspecified atom stereocenters. The van der Waals surface area contributed by atoms with Gasteiger partial charge in [0, 0.05) is 0 Å². The number of carboxylic acid groups (broad SMARTS) is 1. The normalized spacial score (nSPS) is 53.2. The highest BCUT2D eigenvalue weighted by atomic mass is 16.8. The van der Waals surface area contributed by atoms with Crippen LogP contribution in [0.2, 0.25) is 0 Å². The molecule has 0 spiro atoms. The fraction of sp³-hybridized carbons (Fsp3) is 0.917. The minimum Gasteiger partial charge on any atom is -0.479 e. The monoisotopic (exact) mass is 1280 g/mol. The third-order valence-corrected chi connectivity index (χ3v) is 23.5. The van der Waals surface area contributed by atoms with Crippen molar-refractivity contribution in [2.45, 2.75) is 266 Å². The minimum absolute atomic E-state index is 0.00429. The zero-order chi connectivity index (χ0) is 65.2. The summed E-state index contributed by atoms with van der Waals surface area (Å²) in [7, 11) is 1.32. The molecule has 4 saturated carbocycles. The van der Waals surface area contributed by atoms with E-state index in [1.165, 1.54) is 14.0 Å². The summed E-state index contributed by atoms with van der Waals surface area (Å²) in [4.78, 5) is 41.8. The SMILES string of the molecule is COC(=O)[C@@]1(C)CC[C@]2(C(=O)O[C@@H]3O[C@H](CO)[C@@H](O)[C@H](O)[C@H]3O)CC[C@]3(C)C(=CC[C@@H]4[C@@]5(C)CC[C@H](O[C@@H]6O[C@H](C(=O)O)[C@@H](O)[C@H](O[C@@H]7O[C@@H](C)[C@H](O)[C@@H](O[C@@H]8OC[C@@H](O)[C@H](O)[C@H]8O)[C@H]7O)[C@H]6O[C@@H]6O[C@H](CO)[C@@H](O)[C@H](O)[C@H]6O)C(C)(C)[C@@H]5CC[C@]43C)[C@@H]2C1. The molecule has 5 aliphatic carbocycles. The van der Waals surface area contributed by atoms with Crippen molar-refractivity contribution >= 4 is 17.9 Å². The molecule has 0 amide bonds. The fourth-order valence-corrected chi connectivity index (χ4v) is 17.9. The van der Waals surface area contributed by atoms with Gasteiger partial charge in [-0.05, 0) is 117 Å². The van der Waals surface area contributed by atoms with Crippen LogP contribution >= 0.6 is 0 Å². The number of rotatable bonds is 14. The molecule has 9 fully saturated rings. The summed E-state index contributed by atoms with van der Waals surface area (Å²) < 4.78 is 65.6. The standard InChI is InChI=1S/C60H94O29/c1-23-32(64)43(85-48-38(70)33(65)26(63)22-80-48)42(74)51(81-23)86-44-41(73)45(47(75)76)87-52(46(44)88-49-39(71)36(68)34(66)27(20-61)82-49)84-31-12-13-57(5)29(55(31,2)3)11-14-59(7)30(57)10-9-24-25-19-56(4,53(77)79-8)15-17-60(25,18-16-58(24,59)6)54(78)89-50-40(72)37(69)35(67)28(21-62)83-50/h9,23,25-46,48-52,61-74H,10-22H2,1-8H3,(H,75,76)/t23-,25-,26+,27+,28+,29-,30+,31-,32-,33-,34+,35+,36-,37-,38+,39+,40+,41-,42+,43+,44-,45-,46+,48-,49-,50-,51-,52+,56-,57-,58+,59+,60-/m0/s1. The Labute approximate surface area is 514 Å². The van der Waals surface area contributed by atoms with Crippen LogP contribution in [-0.4, -0.2) is 275 Å². The molecule has 33 atom stereocenters. The van der Waals surface area contributed by atoms with Gasteiger partial charge in [0.25, 0.3) is 0 Å². The molecule has 15 N–H and O–H groups in total. The Morgan fingerprint density at radius 2 is 1.15 bits per heavy atom. The summed E-state index contributed by atoms with van der Waals surface area (Å²) in [5, 5.41) is 162. The Kier molecular flexibility index (Phi) is 19.7. The van der Waals surface area contributed by atoms with Gasteiger partial charge >= 0.3 is 17.9 Å². The lowest BCUT2D eigenvalue weighted by molar-refractivity contribution is -0.399. The van der Waals surface area contributed by atoms with Crippen molar-refractivity contribution in [2.24, 2.45) is 50.2 Å². The van der Waals surface area contributed by atoms with E-state index in [0.717, 1.165) is 5.57 Å². The van der Waals surface area contributed by atoms with Crippen molar-refractivity contribution in [1.29, 1.82) is 0 Å². The number of aliphatic hydroxyl groups excluding tert-OH is 14. The molecule has 29 nitrogen and oxygen atoms in total. The Hall–Kier alpha value is -2.77. The van der Waals surface area contributed by atoms with Gasteiger partial charge in [-0.25, -0.2) is 4.79 Å². The molecular formula is C60H94O29. The van der Waals surface area contributed by atoms with E-state index in [1.807, 2.05) is 20.8 Å². The van der Waals surface area contributed by atoms with Gasteiger partial charge in [0.1, 0.15) is 104 Å². The van der Waals surface area contributed by atoms with E-state index in [9.17, 15) is 91.0 Å². The molecule has 5 heterocycles. The van der Waals surface area contributed by atoms with Crippen LogP contribution < -0.4 is 0 Å². The van der Waals surface area contributed by atoms with Crippen LogP contribution in [0.3, 0.4) is 0 Å². The minimum atomic E-state index is -2.22. The molecule has 0 aromatic heterocycles. The quantitative estimate of drug-likeness (QED) is 0.0460. The Balaban J connectivity index is 0.945. The first-order valence-corrected chi connectivity index (χ1v) is 31.2. The van der Waals surface area contributed by atoms with Crippen LogP contribution in [0.5, 0.6) is 0 Å². The highest BCUT2D eigenvalue weighted by molar-refractivity contribution is 5.81. The molecule has 5 saturated heterocycles.